The zero-order chi connectivity index (χ0) is 20.4. The maximum absolute atomic E-state index is 13.2. The summed E-state index contributed by atoms with van der Waals surface area (Å²) in [6, 6.07) is 20.6. The molecule has 1 aliphatic rings. The van der Waals surface area contributed by atoms with Crippen molar-refractivity contribution in [2.75, 3.05) is 14.1 Å². The molecule has 1 amide bonds. The number of carbonyl (C=O) groups excluding carboxylic acids is 1. The van der Waals surface area contributed by atoms with Gasteiger partial charge in [0, 0.05) is 5.54 Å². The summed E-state index contributed by atoms with van der Waals surface area (Å²) in [7, 11) is 4.24. The molecule has 0 radical (unpaired) electrons. The molecule has 1 fully saturated rings. The van der Waals surface area contributed by atoms with Crippen molar-refractivity contribution in [3.05, 3.63) is 71.8 Å². The van der Waals surface area contributed by atoms with E-state index in [4.69, 9.17) is 5.73 Å². The number of rotatable bonds is 5. The lowest BCUT2D eigenvalue weighted by Crippen LogP contribution is -2.61. The van der Waals surface area contributed by atoms with Crippen molar-refractivity contribution in [1.29, 1.82) is 0 Å². The lowest BCUT2D eigenvalue weighted by atomic mass is 9.68. The summed E-state index contributed by atoms with van der Waals surface area (Å²) in [5.41, 5.74) is 7.67. The van der Waals surface area contributed by atoms with E-state index < -0.39 is 11.1 Å². The molecule has 0 aliphatic heterocycles. The lowest BCUT2D eigenvalue weighted by Gasteiger charge is -2.48. The fourth-order valence-corrected chi connectivity index (χ4v) is 4.41. The van der Waals surface area contributed by atoms with E-state index in [2.05, 4.69) is 48.6 Å². The third-order valence-corrected chi connectivity index (χ3v) is 6.51. The first-order chi connectivity index (χ1) is 13.2. The second-order valence-electron chi connectivity index (χ2n) is 8.89. The van der Waals surface area contributed by atoms with Gasteiger partial charge in [0.25, 0.3) is 0 Å². The standard InChI is InChI=1S/C24H33N3O/c1-22(2,19-11-7-5-8-12-19)26-21(28)23(25)15-17-24(18-16-23,27(3)4)20-13-9-6-10-14-20/h5-14H,15-18,25H2,1-4H3,(H,26,28)/t23-,24+. The molecule has 0 aromatic heterocycles. The molecule has 150 valence electrons. The van der Waals surface area contributed by atoms with E-state index >= 15 is 0 Å². The predicted molar refractivity (Wildman–Crippen MR) is 115 cm³/mol. The third-order valence-electron chi connectivity index (χ3n) is 6.51. The van der Waals surface area contributed by atoms with Crippen LogP contribution < -0.4 is 11.1 Å². The summed E-state index contributed by atoms with van der Waals surface area (Å²) < 4.78 is 0. The smallest absolute Gasteiger partial charge is 0.240 e. The molecule has 0 bridgehead atoms. The van der Waals surface area contributed by atoms with Crippen LogP contribution in [0.25, 0.3) is 0 Å². The highest BCUT2D eigenvalue weighted by Gasteiger charge is 2.47. The minimum Gasteiger partial charge on any atom is -0.346 e. The van der Waals surface area contributed by atoms with Gasteiger partial charge < -0.3 is 11.1 Å². The average molecular weight is 380 g/mol. The lowest BCUT2D eigenvalue weighted by molar-refractivity contribution is -0.130. The van der Waals surface area contributed by atoms with Crippen LogP contribution in [0.4, 0.5) is 0 Å². The Bertz CT molecular complexity index is 791. The van der Waals surface area contributed by atoms with Crippen molar-refractivity contribution in [2.24, 2.45) is 5.73 Å². The Morgan fingerprint density at radius 2 is 1.43 bits per heavy atom. The molecule has 0 unspecified atom stereocenters. The summed E-state index contributed by atoms with van der Waals surface area (Å²) in [6.07, 6.45) is 3.05. The average Bonchev–Trinajstić information content (AvgIpc) is 2.69. The van der Waals surface area contributed by atoms with Crippen LogP contribution in [0, 0.1) is 0 Å². The van der Waals surface area contributed by atoms with Gasteiger partial charge in [0.15, 0.2) is 0 Å². The zero-order valence-corrected chi connectivity index (χ0v) is 17.5. The normalized spacial score (nSPS) is 25.5. The number of hydrogen-bond acceptors (Lipinski definition) is 3. The van der Waals surface area contributed by atoms with Gasteiger partial charge in [0.2, 0.25) is 5.91 Å². The predicted octanol–water partition coefficient (Wildman–Crippen LogP) is 3.77. The number of hydrogen-bond donors (Lipinski definition) is 2. The first-order valence-corrected chi connectivity index (χ1v) is 10.1. The molecule has 1 aliphatic carbocycles. The van der Waals surface area contributed by atoms with Gasteiger partial charge in [-0.15, -0.1) is 0 Å². The minimum absolute atomic E-state index is 0.0539. The number of nitrogens with two attached hydrogens (primary N) is 1. The van der Waals surface area contributed by atoms with Gasteiger partial charge in [-0.1, -0.05) is 60.7 Å². The van der Waals surface area contributed by atoms with Gasteiger partial charge in [-0.25, -0.2) is 0 Å². The Morgan fingerprint density at radius 3 is 1.93 bits per heavy atom. The molecule has 3 N–H and O–H groups in total. The molecule has 0 spiro atoms. The number of nitrogens with one attached hydrogen (secondary N) is 1. The summed E-state index contributed by atoms with van der Waals surface area (Å²) in [6.45, 7) is 4.06. The van der Waals surface area contributed by atoms with E-state index in [0.717, 1.165) is 18.4 Å². The fraction of sp³-hybridized carbons (Fsp3) is 0.458. The van der Waals surface area contributed by atoms with Gasteiger partial charge >= 0.3 is 0 Å². The Morgan fingerprint density at radius 1 is 0.929 bits per heavy atom. The van der Waals surface area contributed by atoms with Crippen LogP contribution in [-0.2, 0) is 15.9 Å². The molecule has 1 saturated carbocycles. The van der Waals surface area contributed by atoms with Crippen LogP contribution in [-0.4, -0.2) is 30.4 Å². The van der Waals surface area contributed by atoms with Crippen molar-refractivity contribution in [2.45, 2.75) is 56.1 Å². The molecule has 4 nitrogen and oxygen atoms in total. The van der Waals surface area contributed by atoms with Crippen molar-refractivity contribution in [3.8, 4) is 0 Å². The maximum atomic E-state index is 13.2. The van der Waals surface area contributed by atoms with E-state index in [9.17, 15) is 4.79 Å². The monoisotopic (exact) mass is 379 g/mol. The van der Waals surface area contributed by atoms with Crippen molar-refractivity contribution in [1.82, 2.24) is 10.2 Å². The second-order valence-corrected chi connectivity index (χ2v) is 8.89. The first-order valence-electron chi connectivity index (χ1n) is 10.1. The highest BCUT2D eigenvalue weighted by atomic mass is 16.2. The molecule has 3 rings (SSSR count). The fourth-order valence-electron chi connectivity index (χ4n) is 4.41. The summed E-state index contributed by atoms with van der Waals surface area (Å²) in [4.78, 5) is 15.5. The van der Waals surface area contributed by atoms with E-state index in [0.29, 0.717) is 12.8 Å². The van der Waals surface area contributed by atoms with E-state index in [-0.39, 0.29) is 11.4 Å². The number of benzene rings is 2. The van der Waals surface area contributed by atoms with Gasteiger partial charge in [-0.05, 0) is 64.8 Å². The van der Waals surface area contributed by atoms with Crippen molar-refractivity contribution < 1.29 is 4.79 Å². The van der Waals surface area contributed by atoms with Gasteiger partial charge in [0.1, 0.15) is 0 Å². The van der Waals surface area contributed by atoms with Crippen LogP contribution in [0.3, 0.4) is 0 Å². The van der Waals surface area contributed by atoms with Crippen LogP contribution in [0.15, 0.2) is 60.7 Å². The van der Waals surface area contributed by atoms with Crippen LogP contribution >= 0.6 is 0 Å². The van der Waals surface area contributed by atoms with Gasteiger partial charge in [-0.2, -0.15) is 0 Å². The molecular weight excluding hydrogens is 346 g/mol. The van der Waals surface area contributed by atoms with E-state index in [1.165, 1.54) is 5.56 Å². The molecule has 4 heteroatoms. The minimum atomic E-state index is -0.833. The topological polar surface area (TPSA) is 58.4 Å². The Kier molecular flexibility index (Phi) is 5.64. The van der Waals surface area contributed by atoms with Crippen molar-refractivity contribution >= 4 is 5.91 Å². The summed E-state index contributed by atoms with van der Waals surface area (Å²) >= 11 is 0. The largest absolute Gasteiger partial charge is 0.346 e. The molecule has 0 heterocycles. The highest BCUT2D eigenvalue weighted by Crippen LogP contribution is 2.44. The Balaban J connectivity index is 1.76. The number of nitrogens with zero attached hydrogens (tertiary/aromatic N) is 1. The van der Waals surface area contributed by atoms with E-state index in [1.54, 1.807) is 0 Å². The molecule has 2 aromatic carbocycles. The quantitative estimate of drug-likeness (QED) is 0.831. The molecule has 28 heavy (non-hydrogen) atoms. The third kappa shape index (κ3) is 3.85. The molecule has 2 aromatic rings. The second kappa shape index (κ2) is 7.69. The van der Waals surface area contributed by atoms with Crippen LogP contribution in [0.2, 0.25) is 0 Å². The first kappa shape index (κ1) is 20.6. The highest BCUT2D eigenvalue weighted by molar-refractivity contribution is 5.87. The Hall–Kier alpha value is -2.17. The van der Waals surface area contributed by atoms with Crippen LogP contribution in [0.1, 0.15) is 50.7 Å². The number of carbonyl (C=O) groups is 1. The Labute approximate surface area is 169 Å². The van der Waals surface area contributed by atoms with Crippen molar-refractivity contribution in [3.63, 3.8) is 0 Å². The number of amides is 1. The summed E-state index contributed by atoms with van der Waals surface area (Å²) in [5, 5.41) is 3.20. The van der Waals surface area contributed by atoms with Crippen LogP contribution in [0.5, 0.6) is 0 Å². The molecule has 0 saturated heterocycles. The zero-order valence-electron chi connectivity index (χ0n) is 17.5. The van der Waals surface area contributed by atoms with Gasteiger partial charge in [0.05, 0.1) is 11.1 Å². The van der Waals surface area contributed by atoms with Gasteiger partial charge in [-0.3, -0.25) is 9.69 Å². The summed E-state index contributed by atoms with van der Waals surface area (Å²) in [5.74, 6) is -0.0539. The SMILES string of the molecule is CN(C)[C@]1(c2ccccc2)CC[C@@](N)(C(=O)NC(C)(C)c2ccccc2)CC1. The molecular formula is C24H33N3O. The maximum Gasteiger partial charge on any atom is 0.240 e. The van der Waals surface area contributed by atoms with E-state index in [1.807, 2.05) is 50.2 Å². The molecule has 0 atom stereocenters.